The van der Waals surface area contributed by atoms with Gasteiger partial charge >= 0.3 is 6.03 Å². The summed E-state index contributed by atoms with van der Waals surface area (Å²) >= 11 is 0. The molecule has 20 heavy (non-hydrogen) atoms. The zero-order valence-corrected chi connectivity index (χ0v) is 13.0. The quantitative estimate of drug-likeness (QED) is 0.823. The van der Waals surface area contributed by atoms with Gasteiger partial charge in [-0.3, -0.25) is 4.79 Å². The molecule has 0 aromatic heterocycles. The topological polar surface area (TPSA) is 64.1 Å². The molecule has 1 heterocycles. The van der Waals surface area contributed by atoms with Crippen molar-refractivity contribution < 1.29 is 14.7 Å². The number of aliphatic hydroxyl groups excluding tert-OH is 1. The van der Waals surface area contributed by atoms with Gasteiger partial charge < -0.3 is 19.8 Å². The molecule has 0 saturated carbocycles. The molecule has 1 rings (SSSR count). The van der Waals surface area contributed by atoms with E-state index >= 15 is 0 Å². The summed E-state index contributed by atoms with van der Waals surface area (Å²) in [5.41, 5.74) is 0. The number of piperidine rings is 1. The second kappa shape index (κ2) is 7.47. The third-order valence-electron chi connectivity index (χ3n) is 3.76. The van der Waals surface area contributed by atoms with Crippen molar-refractivity contribution >= 4 is 11.9 Å². The zero-order valence-electron chi connectivity index (χ0n) is 13.0. The fraction of sp³-hybridized carbons (Fsp3) is 0.857. The van der Waals surface area contributed by atoms with Crippen LogP contribution in [-0.4, -0.2) is 78.6 Å². The van der Waals surface area contributed by atoms with Crippen LogP contribution in [0.15, 0.2) is 0 Å². The Kier molecular flexibility index (Phi) is 6.26. The average Bonchev–Trinajstić information content (AvgIpc) is 2.43. The maximum Gasteiger partial charge on any atom is 0.319 e. The number of likely N-dealkylation sites (tertiary alicyclic amines) is 1. The molecular weight excluding hydrogens is 258 g/mol. The van der Waals surface area contributed by atoms with Gasteiger partial charge in [0.25, 0.3) is 0 Å². The Bertz CT molecular complexity index is 337. The maximum absolute atomic E-state index is 12.3. The smallest absolute Gasteiger partial charge is 0.319 e. The third kappa shape index (κ3) is 4.67. The number of hydrogen-bond donors (Lipinski definition) is 1. The van der Waals surface area contributed by atoms with Crippen LogP contribution >= 0.6 is 0 Å². The van der Waals surface area contributed by atoms with Gasteiger partial charge in [-0.15, -0.1) is 0 Å². The summed E-state index contributed by atoms with van der Waals surface area (Å²) in [4.78, 5) is 29.1. The third-order valence-corrected chi connectivity index (χ3v) is 3.76. The lowest BCUT2D eigenvalue weighted by molar-refractivity contribution is -0.135. The van der Waals surface area contributed by atoms with Crippen molar-refractivity contribution in [2.75, 3.05) is 40.8 Å². The number of carbonyl (C=O) groups is 2. The Labute approximate surface area is 121 Å². The molecule has 6 heteroatoms. The second-order valence-corrected chi connectivity index (χ2v) is 5.84. The SMILES string of the molecule is CC(O)CCN(C)C(=O)C1CCN(C(=O)N(C)C)CC1. The molecule has 1 N–H and O–H groups in total. The second-order valence-electron chi connectivity index (χ2n) is 5.84. The van der Waals surface area contributed by atoms with Crippen LogP contribution in [0.2, 0.25) is 0 Å². The summed E-state index contributed by atoms with van der Waals surface area (Å²) < 4.78 is 0. The van der Waals surface area contributed by atoms with Crippen LogP contribution in [0.5, 0.6) is 0 Å². The van der Waals surface area contributed by atoms with Gasteiger partial charge in [-0.25, -0.2) is 4.79 Å². The van der Waals surface area contributed by atoms with Crippen molar-refractivity contribution in [1.29, 1.82) is 0 Å². The van der Waals surface area contributed by atoms with Gasteiger partial charge in [-0.2, -0.15) is 0 Å². The number of urea groups is 1. The number of hydrogen-bond acceptors (Lipinski definition) is 3. The molecule has 3 amide bonds. The van der Waals surface area contributed by atoms with Gasteiger partial charge in [-0.05, 0) is 26.2 Å². The molecule has 0 radical (unpaired) electrons. The molecule has 0 spiro atoms. The van der Waals surface area contributed by atoms with Crippen LogP contribution in [0.1, 0.15) is 26.2 Å². The van der Waals surface area contributed by atoms with Gasteiger partial charge in [0.05, 0.1) is 6.10 Å². The first-order valence-electron chi connectivity index (χ1n) is 7.22. The van der Waals surface area contributed by atoms with Crippen molar-refractivity contribution in [2.45, 2.75) is 32.3 Å². The number of amides is 3. The largest absolute Gasteiger partial charge is 0.393 e. The minimum Gasteiger partial charge on any atom is -0.393 e. The normalized spacial score (nSPS) is 17.8. The van der Waals surface area contributed by atoms with Crippen molar-refractivity contribution in [2.24, 2.45) is 5.92 Å². The first-order valence-corrected chi connectivity index (χ1v) is 7.22. The van der Waals surface area contributed by atoms with E-state index in [0.29, 0.717) is 26.1 Å². The first-order chi connectivity index (χ1) is 9.32. The Morgan fingerprint density at radius 1 is 1.25 bits per heavy atom. The van der Waals surface area contributed by atoms with Crippen LogP contribution in [0.3, 0.4) is 0 Å². The Balaban J connectivity index is 2.40. The highest BCUT2D eigenvalue weighted by Gasteiger charge is 2.29. The summed E-state index contributed by atoms with van der Waals surface area (Å²) in [5, 5.41) is 9.25. The van der Waals surface area contributed by atoms with E-state index in [1.807, 2.05) is 0 Å². The lowest BCUT2D eigenvalue weighted by Gasteiger charge is -2.34. The van der Waals surface area contributed by atoms with Gasteiger partial charge in [0.15, 0.2) is 0 Å². The van der Waals surface area contributed by atoms with Crippen LogP contribution in [0.4, 0.5) is 4.79 Å². The van der Waals surface area contributed by atoms with Gasteiger partial charge in [-0.1, -0.05) is 0 Å². The van der Waals surface area contributed by atoms with E-state index in [-0.39, 0.29) is 24.0 Å². The van der Waals surface area contributed by atoms with E-state index in [4.69, 9.17) is 0 Å². The molecule has 1 aliphatic rings. The van der Waals surface area contributed by atoms with Crippen molar-refractivity contribution in [1.82, 2.24) is 14.7 Å². The van der Waals surface area contributed by atoms with Crippen LogP contribution in [0.25, 0.3) is 0 Å². The molecule has 0 aromatic rings. The van der Waals surface area contributed by atoms with E-state index in [1.54, 1.807) is 42.8 Å². The van der Waals surface area contributed by atoms with Crippen LogP contribution in [-0.2, 0) is 4.79 Å². The summed E-state index contributed by atoms with van der Waals surface area (Å²) in [6, 6.07) is 0.0124. The van der Waals surface area contributed by atoms with E-state index in [2.05, 4.69) is 0 Å². The van der Waals surface area contributed by atoms with Crippen molar-refractivity contribution in [3.63, 3.8) is 0 Å². The van der Waals surface area contributed by atoms with Gasteiger partial charge in [0, 0.05) is 46.7 Å². The molecule has 116 valence electrons. The number of rotatable bonds is 4. The lowest BCUT2D eigenvalue weighted by atomic mass is 9.95. The summed E-state index contributed by atoms with van der Waals surface area (Å²) in [7, 11) is 5.26. The molecular formula is C14H27N3O3. The minimum atomic E-state index is -0.384. The molecule has 0 aliphatic carbocycles. The summed E-state index contributed by atoms with van der Waals surface area (Å²) in [5.74, 6) is 0.128. The lowest BCUT2D eigenvalue weighted by Crippen LogP contribution is -2.46. The monoisotopic (exact) mass is 285 g/mol. The van der Waals surface area contributed by atoms with Crippen LogP contribution in [0, 0.1) is 5.92 Å². The van der Waals surface area contributed by atoms with Crippen LogP contribution < -0.4 is 0 Å². The molecule has 1 saturated heterocycles. The maximum atomic E-state index is 12.3. The number of aliphatic hydroxyl groups is 1. The molecule has 1 fully saturated rings. The Morgan fingerprint density at radius 3 is 2.25 bits per heavy atom. The Hall–Kier alpha value is -1.30. The summed E-state index contributed by atoms with van der Waals surface area (Å²) in [6.45, 7) is 3.58. The highest BCUT2D eigenvalue weighted by atomic mass is 16.3. The minimum absolute atomic E-state index is 0.000196. The standard InChI is InChI=1S/C14H27N3O3/c1-11(18)5-8-16(4)13(19)12-6-9-17(10-7-12)14(20)15(2)3/h11-12,18H,5-10H2,1-4H3. The fourth-order valence-corrected chi connectivity index (χ4v) is 2.40. The van der Waals surface area contributed by atoms with E-state index in [0.717, 1.165) is 12.8 Å². The first kappa shape index (κ1) is 16.8. The molecule has 1 unspecified atom stereocenters. The van der Waals surface area contributed by atoms with Crippen molar-refractivity contribution in [3.8, 4) is 0 Å². The molecule has 0 aromatic carbocycles. The van der Waals surface area contributed by atoms with Gasteiger partial charge in [0.2, 0.25) is 5.91 Å². The highest BCUT2D eigenvalue weighted by Crippen LogP contribution is 2.20. The molecule has 1 aliphatic heterocycles. The average molecular weight is 285 g/mol. The van der Waals surface area contributed by atoms with Gasteiger partial charge in [0.1, 0.15) is 0 Å². The van der Waals surface area contributed by atoms with Crippen molar-refractivity contribution in [3.05, 3.63) is 0 Å². The molecule has 1 atom stereocenters. The number of nitrogens with zero attached hydrogens (tertiary/aromatic N) is 3. The zero-order chi connectivity index (χ0) is 15.3. The highest BCUT2D eigenvalue weighted by molar-refractivity contribution is 5.79. The predicted octanol–water partition coefficient (Wildman–Crippen LogP) is 0.609. The molecule has 0 bridgehead atoms. The summed E-state index contributed by atoms with van der Waals surface area (Å²) in [6.07, 6.45) is 1.65. The van der Waals surface area contributed by atoms with E-state index < -0.39 is 0 Å². The Morgan fingerprint density at radius 2 is 1.80 bits per heavy atom. The van der Waals surface area contributed by atoms with E-state index in [1.165, 1.54) is 0 Å². The molecule has 6 nitrogen and oxygen atoms in total. The number of carbonyl (C=O) groups excluding carboxylic acids is 2. The predicted molar refractivity (Wildman–Crippen MR) is 77.3 cm³/mol. The fourth-order valence-electron chi connectivity index (χ4n) is 2.40. The van der Waals surface area contributed by atoms with E-state index in [9.17, 15) is 14.7 Å².